The quantitative estimate of drug-likeness (QED) is 0.135. The van der Waals surface area contributed by atoms with E-state index in [0.29, 0.717) is 36.8 Å². The predicted octanol–water partition coefficient (Wildman–Crippen LogP) is 5.26. The largest absolute Gasteiger partial charge is 0.236 e. The van der Waals surface area contributed by atoms with Crippen molar-refractivity contribution in [2.75, 3.05) is 11.1 Å². The number of halogens is 1. The van der Waals surface area contributed by atoms with E-state index in [2.05, 4.69) is 76.8 Å². The molecular formula is C33H39ClN10O2Se2. The fourth-order valence-corrected chi connectivity index (χ4v) is 8.41. The zero-order chi connectivity index (χ0) is 34.5. The Morgan fingerprint density at radius 3 is 1.73 bits per heavy atom. The van der Waals surface area contributed by atoms with Crippen molar-refractivity contribution in [2.24, 2.45) is 11.5 Å². The van der Waals surface area contributed by atoms with E-state index in [1.54, 1.807) is 18.5 Å². The molecule has 0 saturated heterocycles. The summed E-state index contributed by atoms with van der Waals surface area (Å²) in [6.07, 6.45) is 6.21. The molecule has 252 valence electrons. The number of fused-ring (bicyclic) bond motifs is 2. The molecule has 0 spiro atoms. The van der Waals surface area contributed by atoms with Crippen molar-refractivity contribution >= 4 is 91.7 Å². The molecule has 6 aromatic rings. The second kappa shape index (κ2) is 15.8. The average molecular weight is 801 g/mol. The summed E-state index contributed by atoms with van der Waals surface area (Å²) in [7, 11) is 0. The molecule has 0 radical (unpaired) electrons. The van der Waals surface area contributed by atoms with E-state index in [0.717, 1.165) is 16.5 Å². The van der Waals surface area contributed by atoms with Crippen molar-refractivity contribution in [2.45, 2.75) is 59.8 Å². The van der Waals surface area contributed by atoms with E-state index >= 15 is 0 Å². The zero-order valence-electron chi connectivity index (χ0n) is 26.7. The molecule has 0 fully saturated rings. The molecule has 0 aliphatic carbocycles. The van der Waals surface area contributed by atoms with Crippen molar-refractivity contribution in [3.05, 3.63) is 84.3 Å². The molecule has 0 bridgehead atoms. The molecule has 7 N–H and O–H groups in total. The number of nitrogen functional groups attached to an aromatic ring is 1. The van der Waals surface area contributed by atoms with Gasteiger partial charge in [0.05, 0.1) is 5.39 Å². The number of hydrogen-bond acceptors (Lipinski definition) is 10. The average Bonchev–Trinajstić information content (AvgIpc) is 3.63. The Kier molecular flexibility index (Phi) is 12.6. The number of nitrogens with two attached hydrogens (primary N) is 3. The first kappa shape index (κ1) is 38.3. The van der Waals surface area contributed by atoms with Gasteiger partial charge in [0.25, 0.3) is 0 Å². The van der Waals surface area contributed by atoms with Gasteiger partial charge in [0.1, 0.15) is 11.5 Å². The van der Waals surface area contributed by atoms with E-state index in [9.17, 15) is 9.59 Å². The summed E-state index contributed by atoms with van der Waals surface area (Å²) in [5.41, 5.74) is 19.0. The molecule has 6 rings (SSSR count). The van der Waals surface area contributed by atoms with Gasteiger partial charge in [-0.1, -0.05) is 19.0 Å². The minimum atomic E-state index is -0.389. The van der Waals surface area contributed by atoms with Crippen molar-refractivity contribution in [3.8, 4) is 0 Å². The monoisotopic (exact) mass is 802 g/mol. The van der Waals surface area contributed by atoms with Crippen LogP contribution in [0.25, 0.3) is 22.1 Å². The third-order valence-electron chi connectivity index (χ3n) is 6.44. The van der Waals surface area contributed by atoms with Crippen LogP contribution in [0.2, 0.25) is 5.15 Å². The molecule has 0 atom stereocenters. The number of aromatic nitrogens is 6. The summed E-state index contributed by atoms with van der Waals surface area (Å²) < 4.78 is 3.69. The Morgan fingerprint density at radius 2 is 1.23 bits per heavy atom. The van der Waals surface area contributed by atoms with Crippen LogP contribution >= 0.6 is 11.6 Å². The van der Waals surface area contributed by atoms with E-state index in [1.807, 2.05) is 30.3 Å². The molecule has 12 nitrogen and oxygen atoms in total. The Balaban J connectivity index is 0.000000212. The number of hydrogen-bond donors (Lipinski definition) is 4. The molecule has 0 aliphatic rings. The van der Waals surface area contributed by atoms with Gasteiger partial charge >= 0.3 is 223 Å². The smallest absolute Gasteiger partial charge is 0.164 e. The van der Waals surface area contributed by atoms with Crippen LogP contribution in [0, 0.1) is 0 Å². The Morgan fingerprint density at radius 1 is 0.729 bits per heavy atom. The fraction of sp³-hybridized carbons (Fsp3) is 0.273. The number of rotatable bonds is 4. The molecule has 0 aromatic carbocycles. The van der Waals surface area contributed by atoms with E-state index < -0.39 is 0 Å². The van der Waals surface area contributed by atoms with Gasteiger partial charge in [-0.2, -0.15) is 0 Å². The second-order valence-electron chi connectivity index (χ2n) is 12.2. The van der Waals surface area contributed by atoms with E-state index in [4.69, 9.17) is 28.8 Å². The molecule has 15 heteroatoms. The maximum atomic E-state index is 11.8. The van der Waals surface area contributed by atoms with Gasteiger partial charge in [-0.3, -0.25) is 0 Å². The number of nitrogens with zero attached hydrogens (tertiary/aromatic N) is 6. The second-order valence-corrected chi connectivity index (χ2v) is 17.0. The number of pyridine rings is 2. The van der Waals surface area contributed by atoms with Crippen LogP contribution in [0.3, 0.4) is 0 Å². The van der Waals surface area contributed by atoms with Crippen LogP contribution < -0.4 is 22.5 Å². The summed E-state index contributed by atoms with van der Waals surface area (Å²) in [6.45, 7) is 12.7. The summed E-state index contributed by atoms with van der Waals surface area (Å²) in [5.74, 6) is -0.147. The Labute approximate surface area is 296 Å². The summed E-state index contributed by atoms with van der Waals surface area (Å²) in [4.78, 5) is 47.2. The molecule has 2 amide bonds. The van der Waals surface area contributed by atoms with Crippen LogP contribution in [-0.2, 0) is 10.8 Å². The van der Waals surface area contributed by atoms with Gasteiger partial charge in [0.15, 0.2) is 5.65 Å². The van der Waals surface area contributed by atoms with Crippen molar-refractivity contribution in [1.29, 1.82) is 0 Å². The molecule has 0 aliphatic heterocycles. The van der Waals surface area contributed by atoms with Gasteiger partial charge < -0.3 is 0 Å². The Bertz CT molecular complexity index is 2040. The molecule has 0 saturated carbocycles. The van der Waals surface area contributed by atoms with E-state index in [1.165, 1.54) is 21.5 Å². The molecule has 6 aromatic heterocycles. The first-order valence-electron chi connectivity index (χ1n) is 14.2. The summed E-state index contributed by atoms with van der Waals surface area (Å²) in [6, 6.07) is 11.3. The van der Waals surface area contributed by atoms with Gasteiger partial charge in [-0.25, -0.2) is 15.0 Å². The topological polar surface area (TPSA) is 202 Å². The minimum absolute atomic E-state index is 0. The van der Waals surface area contributed by atoms with Gasteiger partial charge in [-0.15, -0.1) is 0 Å². The number of amides is 2. The van der Waals surface area contributed by atoms with Crippen LogP contribution in [-0.4, -0.2) is 70.7 Å². The predicted molar refractivity (Wildman–Crippen MR) is 195 cm³/mol. The number of nitrogens with one attached hydrogen (secondary N) is 1. The van der Waals surface area contributed by atoms with Crippen LogP contribution in [0.5, 0.6) is 0 Å². The Hall–Kier alpha value is -4.19. The van der Waals surface area contributed by atoms with Gasteiger partial charge in [-0.05, 0) is 12.1 Å². The molecular weight excluding hydrogens is 762 g/mol. The summed E-state index contributed by atoms with van der Waals surface area (Å²) in [5, 5.41) is 5.28. The SMILES string of the molecule is C.CC(C)(C)c1cc(N)c(C(N)=O)[se]1.CC(C)(C)c1cc(Nc2ncnc3ncccc23)c(C(N)=O)[se]1.Clc1ncnc2ncccc12. The number of primary amides is 2. The minimum Gasteiger partial charge on any atom is -0.236 e. The van der Waals surface area contributed by atoms with Gasteiger partial charge in [0, 0.05) is 6.20 Å². The van der Waals surface area contributed by atoms with Crippen LogP contribution in [0.1, 0.15) is 76.3 Å². The zero-order valence-corrected chi connectivity index (χ0v) is 30.9. The van der Waals surface area contributed by atoms with Crippen molar-refractivity contribution in [3.63, 3.8) is 0 Å². The van der Waals surface area contributed by atoms with Crippen molar-refractivity contribution < 1.29 is 9.59 Å². The molecule has 6 heterocycles. The third-order valence-corrected chi connectivity index (χ3v) is 13.4. The number of anilines is 3. The fourth-order valence-electron chi connectivity index (χ4n) is 3.99. The van der Waals surface area contributed by atoms with Crippen molar-refractivity contribution in [1.82, 2.24) is 29.9 Å². The standard InChI is InChI=1S/C16H17N5OSe.C9H14N2OSe.C7H4ClN3.CH4/c1-16(2,3)11-7-10(12(23-11)13(17)22)21-15-9-5-4-6-18-14(9)19-8-20-15;1-9(2,3)6-4-5(10)7(13-6)8(11)12;8-6-5-2-1-3-9-7(5)11-4-10-6;/h4-8H,1-3H3,(H2,17,22)(H,18,19,20,21);4H,10H2,1-3H3,(H2,11,12);1-4H;1H4. The molecule has 48 heavy (non-hydrogen) atoms. The van der Waals surface area contributed by atoms with Crippen LogP contribution in [0.4, 0.5) is 17.2 Å². The molecule has 0 unspecified atom stereocenters. The normalized spacial score (nSPS) is 11.1. The third kappa shape index (κ3) is 9.46. The maximum Gasteiger partial charge on any atom is 0.164 e. The summed E-state index contributed by atoms with van der Waals surface area (Å²) >= 11 is 5.71. The van der Waals surface area contributed by atoms with Crippen LogP contribution in [0.15, 0.2) is 61.4 Å². The number of carbonyl (C=O) groups excluding carboxylic acids is 2. The van der Waals surface area contributed by atoms with Gasteiger partial charge in [0.2, 0.25) is 0 Å². The maximum absolute atomic E-state index is 11.8. The van der Waals surface area contributed by atoms with E-state index in [-0.39, 0.29) is 59.1 Å². The first-order valence-corrected chi connectivity index (χ1v) is 18.0. The first-order chi connectivity index (χ1) is 22.1. The number of carbonyl (C=O) groups is 2.